The number of carbonyl (C=O) groups is 2. The van der Waals surface area contributed by atoms with Gasteiger partial charge in [0.05, 0.1) is 7.11 Å². The van der Waals surface area contributed by atoms with Gasteiger partial charge in [-0.25, -0.2) is 9.59 Å². The summed E-state index contributed by atoms with van der Waals surface area (Å²) in [6.07, 6.45) is 1.73. The zero-order chi connectivity index (χ0) is 16.5. The largest absolute Gasteiger partial charge is 0.467 e. The topological polar surface area (TPSA) is 67.4 Å². The van der Waals surface area contributed by atoms with E-state index < -0.39 is 12.0 Å². The first kappa shape index (κ1) is 18.0. The molecule has 0 heterocycles. The van der Waals surface area contributed by atoms with Crippen molar-refractivity contribution in [1.29, 1.82) is 0 Å². The molecule has 0 bridgehead atoms. The summed E-state index contributed by atoms with van der Waals surface area (Å²) in [6.45, 7) is 5.67. The number of hydrogen-bond donors (Lipinski definition) is 2. The minimum absolute atomic E-state index is 0.0191. The molecule has 0 unspecified atom stereocenters. The fraction of sp³-hybridized carbons (Fsp3) is 0.529. The van der Waals surface area contributed by atoms with Crippen molar-refractivity contribution in [2.45, 2.75) is 45.7 Å². The van der Waals surface area contributed by atoms with Crippen molar-refractivity contribution in [2.75, 3.05) is 7.11 Å². The van der Waals surface area contributed by atoms with Gasteiger partial charge in [0.25, 0.3) is 0 Å². The number of methoxy groups -OCH3 is 1. The monoisotopic (exact) mass is 306 g/mol. The molecule has 2 N–H and O–H groups in total. The Morgan fingerprint density at radius 3 is 2.27 bits per heavy atom. The van der Waals surface area contributed by atoms with Gasteiger partial charge in [-0.05, 0) is 31.2 Å². The van der Waals surface area contributed by atoms with E-state index in [-0.39, 0.29) is 18.0 Å². The van der Waals surface area contributed by atoms with Crippen LogP contribution >= 0.6 is 0 Å². The lowest BCUT2D eigenvalue weighted by atomic mass is 10.0. The van der Waals surface area contributed by atoms with E-state index in [1.807, 2.05) is 39.0 Å². The number of nitrogens with one attached hydrogen (secondary N) is 2. The first-order chi connectivity index (χ1) is 10.4. The molecule has 1 rings (SSSR count). The number of esters is 1. The van der Waals surface area contributed by atoms with Gasteiger partial charge in [0.15, 0.2) is 0 Å². The summed E-state index contributed by atoms with van der Waals surface area (Å²) in [7, 11) is 1.32. The zero-order valence-corrected chi connectivity index (χ0v) is 13.8. The van der Waals surface area contributed by atoms with Gasteiger partial charge in [0, 0.05) is 6.04 Å². The highest BCUT2D eigenvalue weighted by molar-refractivity contribution is 5.83. The summed E-state index contributed by atoms with van der Waals surface area (Å²) in [5.74, 6) is -0.458. The Balaban J connectivity index is 2.41. The van der Waals surface area contributed by atoms with Crippen LogP contribution in [0, 0.1) is 5.92 Å². The summed E-state index contributed by atoms with van der Waals surface area (Å²) < 4.78 is 4.70. The summed E-state index contributed by atoms with van der Waals surface area (Å²) in [6, 6.07) is 9.17. The van der Waals surface area contributed by atoms with Crippen molar-refractivity contribution < 1.29 is 14.3 Å². The molecule has 0 saturated carbocycles. The second-order valence-corrected chi connectivity index (χ2v) is 5.79. The molecule has 0 radical (unpaired) electrons. The molecule has 0 aliphatic heterocycles. The molecular weight excluding hydrogens is 280 g/mol. The minimum Gasteiger partial charge on any atom is -0.467 e. The molecule has 0 aliphatic rings. The highest BCUT2D eigenvalue weighted by Crippen LogP contribution is 2.06. The Hall–Kier alpha value is -2.04. The van der Waals surface area contributed by atoms with E-state index >= 15 is 0 Å². The summed E-state index contributed by atoms with van der Waals surface area (Å²) in [4.78, 5) is 23.6. The van der Waals surface area contributed by atoms with Crippen LogP contribution in [0.3, 0.4) is 0 Å². The van der Waals surface area contributed by atoms with Gasteiger partial charge < -0.3 is 15.4 Å². The van der Waals surface area contributed by atoms with E-state index in [1.54, 1.807) is 0 Å². The van der Waals surface area contributed by atoms with Gasteiger partial charge in [0.1, 0.15) is 6.04 Å². The quantitative estimate of drug-likeness (QED) is 0.761. The van der Waals surface area contributed by atoms with Gasteiger partial charge in [-0.15, -0.1) is 0 Å². The van der Waals surface area contributed by atoms with Crippen LogP contribution in [-0.2, 0) is 16.0 Å². The first-order valence-electron chi connectivity index (χ1n) is 7.62. The summed E-state index contributed by atoms with van der Waals surface area (Å²) in [5, 5.41) is 5.53. The maximum Gasteiger partial charge on any atom is 0.328 e. The molecule has 22 heavy (non-hydrogen) atoms. The third-order valence-electron chi connectivity index (χ3n) is 3.49. The Labute approximate surface area is 132 Å². The van der Waals surface area contributed by atoms with Crippen molar-refractivity contribution in [1.82, 2.24) is 10.6 Å². The highest BCUT2D eigenvalue weighted by Gasteiger charge is 2.25. The van der Waals surface area contributed by atoms with Crippen molar-refractivity contribution in [3.63, 3.8) is 0 Å². The fourth-order valence-corrected chi connectivity index (χ4v) is 2.13. The number of carbonyl (C=O) groups excluding carboxylic acids is 2. The predicted molar refractivity (Wildman–Crippen MR) is 86.5 cm³/mol. The zero-order valence-electron chi connectivity index (χ0n) is 13.8. The average Bonchev–Trinajstić information content (AvgIpc) is 2.50. The number of ether oxygens (including phenoxy) is 1. The van der Waals surface area contributed by atoms with Crippen LogP contribution in [0.2, 0.25) is 0 Å². The van der Waals surface area contributed by atoms with Crippen LogP contribution in [0.15, 0.2) is 30.3 Å². The third-order valence-corrected chi connectivity index (χ3v) is 3.49. The number of rotatable bonds is 7. The normalized spacial score (nSPS) is 13.3. The molecule has 2 atom stereocenters. The van der Waals surface area contributed by atoms with Crippen molar-refractivity contribution >= 4 is 12.0 Å². The van der Waals surface area contributed by atoms with E-state index in [1.165, 1.54) is 12.7 Å². The van der Waals surface area contributed by atoms with Gasteiger partial charge in [0.2, 0.25) is 0 Å². The van der Waals surface area contributed by atoms with Crippen LogP contribution in [0.25, 0.3) is 0 Å². The van der Waals surface area contributed by atoms with Gasteiger partial charge in [-0.1, -0.05) is 44.2 Å². The average molecular weight is 306 g/mol. The van der Waals surface area contributed by atoms with Gasteiger partial charge in [-0.2, -0.15) is 0 Å². The lowest BCUT2D eigenvalue weighted by Gasteiger charge is -2.22. The SMILES string of the molecule is COC(=O)[C@H](NC(=O)N[C@H](C)CCc1ccccc1)C(C)C. The standard InChI is InChI=1S/C17H26N2O3/c1-12(2)15(16(20)22-4)19-17(21)18-13(3)10-11-14-8-6-5-7-9-14/h5-9,12-13,15H,10-11H2,1-4H3,(H2,18,19,21)/t13-,15-/m1/s1. The lowest BCUT2D eigenvalue weighted by Crippen LogP contribution is -2.50. The lowest BCUT2D eigenvalue weighted by molar-refractivity contribution is -0.143. The second kappa shape index (κ2) is 9.07. The Kier molecular flexibility index (Phi) is 7.43. The van der Waals surface area contributed by atoms with E-state index in [0.29, 0.717) is 0 Å². The Morgan fingerprint density at radius 1 is 1.09 bits per heavy atom. The van der Waals surface area contributed by atoms with Crippen LogP contribution in [0.5, 0.6) is 0 Å². The molecule has 0 aromatic heterocycles. The smallest absolute Gasteiger partial charge is 0.328 e. The van der Waals surface area contributed by atoms with Gasteiger partial charge >= 0.3 is 12.0 Å². The maximum absolute atomic E-state index is 12.0. The second-order valence-electron chi connectivity index (χ2n) is 5.79. The molecule has 2 amide bonds. The predicted octanol–water partition coefficient (Wildman–Crippen LogP) is 2.50. The van der Waals surface area contributed by atoms with Crippen LogP contribution in [0.1, 0.15) is 32.8 Å². The van der Waals surface area contributed by atoms with E-state index in [4.69, 9.17) is 4.74 Å². The molecule has 0 aliphatic carbocycles. The minimum atomic E-state index is -0.633. The van der Waals surface area contributed by atoms with Crippen LogP contribution in [-0.4, -0.2) is 31.2 Å². The molecular formula is C17H26N2O3. The molecule has 1 aromatic carbocycles. The molecule has 0 saturated heterocycles. The summed E-state index contributed by atoms with van der Waals surface area (Å²) in [5.41, 5.74) is 1.24. The molecule has 5 heteroatoms. The molecule has 1 aromatic rings. The fourth-order valence-electron chi connectivity index (χ4n) is 2.13. The molecule has 0 spiro atoms. The number of hydrogen-bond acceptors (Lipinski definition) is 3. The van der Waals surface area contributed by atoms with Crippen molar-refractivity contribution in [3.05, 3.63) is 35.9 Å². The Bertz CT molecular complexity index is 474. The summed E-state index contributed by atoms with van der Waals surface area (Å²) >= 11 is 0. The van der Waals surface area contributed by atoms with Crippen LogP contribution in [0.4, 0.5) is 4.79 Å². The molecule has 122 valence electrons. The van der Waals surface area contributed by atoms with E-state index in [2.05, 4.69) is 22.8 Å². The number of urea groups is 1. The van der Waals surface area contributed by atoms with Crippen LogP contribution < -0.4 is 10.6 Å². The van der Waals surface area contributed by atoms with E-state index in [0.717, 1.165) is 12.8 Å². The number of aryl methyl sites for hydroxylation is 1. The Morgan fingerprint density at radius 2 is 1.73 bits per heavy atom. The van der Waals surface area contributed by atoms with E-state index in [9.17, 15) is 9.59 Å². The first-order valence-corrected chi connectivity index (χ1v) is 7.62. The van der Waals surface area contributed by atoms with Crippen molar-refractivity contribution in [2.24, 2.45) is 5.92 Å². The van der Waals surface area contributed by atoms with Gasteiger partial charge in [-0.3, -0.25) is 0 Å². The number of benzene rings is 1. The maximum atomic E-state index is 12.0. The molecule has 5 nitrogen and oxygen atoms in total. The third kappa shape index (κ3) is 6.16. The number of amides is 2. The van der Waals surface area contributed by atoms with Crippen molar-refractivity contribution in [3.8, 4) is 0 Å². The highest BCUT2D eigenvalue weighted by atomic mass is 16.5. The molecule has 0 fully saturated rings.